The van der Waals surface area contributed by atoms with Gasteiger partial charge in [-0.2, -0.15) is 0 Å². The number of hydrogen-bond donors (Lipinski definition) is 2. The fourth-order valence-corrected chi connectivity index (χ4v) is 4.21. The van der Waals surface area contributed by atoms with Crippen LogP contribution in [-0.4, -0.2) is 39.6 Å². The lowest BCUT2D eigenvalue weighted by molar-refractivity contribution is -0.112. The number of ether oxygens (including phenoxy) is 2. The number of sulfone groups is 1. The summed E-state index contributed by atoms with van der Waals surface area (Å²) >= 11 is 0. The molecule has 27 heavy (non-hydrogen) atoms. The van der Waals surface area contributed by atoms with Gasteiger partial charge in [-0.05, 0) is 29.8 Å². The molecule has 2 aromatic carbocycles. The van der Waals surface area contributed by atoms with Gasteiger partial charge >= 0.3 is 5.97 Å². The van der Waals surface area contributed by atoms with Crippen LogP contribution in [0.5, 0.6) is 11.5 Å². The number of carboxylic acids is 1. The average molecular weight is 389 g/mol. The molecule has 0 radical (unpaired) electrons. The van der Waals surface area contributed by atoms with E-state index in [4.69, 9.17) is 9.47 Å². The number of methoxy groups -OCH3 is 2. The molecule has 0 saturated carbocycles. The summed E-state index contributed by atoms with van der Waals surface area (Å²) in [5.41, 5.74) is 0.129. The quantitative estimate of drug-likeness (QED) is 0.804. The molecule has 9 heteroatoms. The van der Waals surface area contributed by atoms with Crippen molar-refractivity contribution in [2.45, 2.75) is 4.90 Å². The molecule has 0 fully saturated rings. The predicted octanol–water partition coefficient (Wildman–Crippen LogP) is 2.17. The van der Waals surface area contributed by atoms with Crippen molar-refractivity contribution < 1.29 is 32.6 Å². The third-order valence-corrected chi connectivity index (χ3v) is 5.83. The Hall–Kier alpha value is -3.33. The van der Waals surface area contributed by atoms with E-state index < -0.39 is 26.6 Å². The van der Waals surface area contributed by atoms with E-state index in [1.165, 1.54) is 56.7 Å². The maximum Gasteiger partial charge on any atom is 0.337 e. The highest BCUT2D eigenvalue weighted by molar-refractivity contribution is 7.96. The molecule has 0 saturated heterocycles. The van der Waals surface area contributed by atoms with Crippen LogP contribution in [0.3, 0.4) is 0 Å². The molecule has 1 heterocycles. The summed E-state index contributed by atoms with van der Waals surface area (Å²) in [6.07, 6.45) is 1.21. The van der Waals surface area contributed by atoms with Crippen LogP contribution < -0.4 is 14.8 Å². The van der Waals surface area contributed by atoms with Gasteiger partial charge in [0, 0.05) is 6.07 Å². The van der Waals surface area contributed by atoms with Gasteiger partial charge in [0.2, 0.25) is 9.84 Å². The summed E-state index contributed by atoms with van der Waals surface area (Å²) in [6.45, 7) is 0. The number of anilines is 1. The van der Waals surface area contributed by atoms with E-state index in [-0.39, 0.29) is 27.5 Å². The SMILES string of the molecule is COc1cc2c(cc1OC)S(=O)(=O)C(C(=O)Nc1ccccc1C(=O)O)=C2. The molecular formula is C18H15NO7S. The van der Waals surface area contributed by atoms with Gasteiger partial charge in [-0.15, -0.1) is 0 Å². The molecule has 1 aliphatic rings. The number of carbonyl (C=O) groups excluding carboxylic acids is 1. The Labute approximate surface area is 155 Å². The van der Waals surface area contributed by atoms with Crippen molar-refractivity contribution in [3.8, 4) is 11.5 Å². The zero-order valence-corrected chi connectivity index (χ0v) is 15.2. The molecule has 0 aromatic heterocycles. The lowest BCUT2D eigenvalue weighted by atomic mass is 10.1. The normalized spacial score (nSPS) is 14.1. The highest BCUT2D eigenvalue weighted by atomic mass is 32.2. The van der Waals surface area contributed by atoms with E-state index in [0.717, 1.165) is 0 Å². The maximum absolute atomic E-state index is 12.8. The number of carbonyl (C=O) groups is 2. The van der Waals surface area contributed by atoms with Gasteiger partial charge in [0.25, 0.3) is 5.91 Å². The van der Waals surface area contributed by atoms with Crippen LogP contribution in [0.4, 0.5) is 5.69 Å². The zero-order valence-electron chi connectivity index (χ0n) is 14.3. The molecule has 0 unspecified atom stereocenters. The Morgan fingerprint density at radius 1 is 1.04 bits per heavy atom. The average Bonchev–Trinajstić information content (AvgIpc) is 2.91. The van der Waals surface area contributed by atoms with Crippen LogP contribution in [0.15, 0.2) is 46.2 Å². The molecule has 8 nitrogen and oxygen atoms in total. The van der Waals surface area contributed by atoms with Crippen LogP contribution in [0.1, 0.15) is 15.9 Å². The van der Waals surface area contributed by atoms with Gasteiger partial charge in [0.15, 0.2) is 11.5 Å². The molecule has 0 atom stereocenters. The zero-order chi connectivity index (χ0) is 19.8. The van der Waals surface area contributed by atoms with Crippen molar-refractivity contribution in [3.63, 3.8) is 0 Å². The van der Waals surface area contributed by atoms with Gasteiger partial charge in [-0.1, -0.05) is 12.1 Å². The predicted molar refractivity (Wildman–Crippen MR) is 96.7 cm³/mol. The minimum absolute atomic E-state index is 0.00258. The van der Waals surface area contributed by atoms with Gasteiger partial charge in [-0.3, -0.25) is 4.79 Å². The van der Waals surface area contributed by atoms with Gasteiger partial charge < -0.3 is 19.9 Å². The molecule has 1 amide bonds. The first kappa shape index (κ1) is 18.5. The molecule has 2 N–H and O–H groups in total. The number of amides is 1. The van der Waals surface area contributed by atoms with Crippen molar-refractivity contribution in [2.75, 3.05) is 19.5 Å². The number of benzene rings is 2. The Morgan fingerprint density at radius 3 is 2.30 bits per heavy atom. The highest BCUT2D eigenvalue weighted by Gasteiger charge is 2.36. The van der Waals surface area contributed by atoms with Crippen LogP contribution in [0, 0.1) is 0 Å². The topological polar surface area (TPSA) is 119 Å². The largest absolute Gasteiger partial charge is 0.493 e. The van der Waals surface area contributed by atoms with Crippen molar-refractivity contribution in [3.05, 3.63) is 52.4 Å². The number of carboxylic acid groups (broad SMARTS) is 1. The molecule has 0 bridgehead atoms. The number of hydrogen-bond acceptors (Lipinski definition) is 6. The second kappa shape index (κ2) is 6.76. The summed E-state index contributed by atoms with van der Waals surface area (Å²) in [5.74, 6) is -1.64. The van der Waals surface area contributed by atoms with Crippen molar-refractivity contribution in [1.82, 2.24) is 0 Å². The Balaban J connectivity index is 2.00. The third-order valence-electron chi connectivity index (χ3n) is 4.01. The fraction of sp³-hybridized carbons (Fsp3) is 0.111. The first-order chi connectivity index (χ1) is 12.8. The van der Waals surface area contributed by atoms with Crippen LogP contribution >= 0.6 is 0 Å². The molecule has 140 valence electrons. The van der Waals surface area contributed by atoms with Gasteiger partial charge in [-0.25, -0.2) is 13.2 Å². The summed E-state index contributed by atoms with van der Waals surface area (Å²) in [4.78, 5) is 23.2. The Morgan fingerprint density at radius 2 is 1.67 bits per heavy atom. The standard InChI is InChI=1S/C18H15NO7S/c1-25-13-7-10-8-16(27(23,24)15(10)9-14(13)26-2)17(20)19-12-6-4-3-5-11(12)18(21)22/h3-9H,1-2H3,(H,19,20)(H,21,22). The summed E-state index contributed by atoms with van der Waals surface area (Å²) < 4.78 is 35.8. The summed E-state index contributed by atoms with van der Waals surface area (Å²) in [6, 6.07) is 8.45. The number of nitrogens with one attached hydrogen (secondary N) is 1. The van der Waals surface area contributed by atoms with Gasteiger partial charge in [0.05, 0.1) is 30.4 Å². The number of rotatable bonds is 5. The first-order valence-electron chi connectivity index (χ1n) is 7.66. The van der Waals surface area contributed by atoms with E-state index >= 15 is 0 Å². The third kappa shape index (κ3) is 3.13. The number of aromatic carboxylic acids is 1. The van der Waals surface area contributed by atoms with E-state index in [1.807, 2.05) is 0 Å². The highest BCUT2D eigenvalue weighted by Crippen LogP contribution is 2.40. The molecule has 2 aromatic rings. The lowest BCUT2D eigenvalue weighted by Crippen LogP contribution is -2.20. The van der Waals surface area contributed by atoms with Crippen LogP contribution in [0.25, 0.3) is 6.08 Å². The van der Waals surface area contributed by atoms with Gasteiger partial charge in [0.1, 0.15) is 4.91 Å². The molecule has 0 spiro atoms. The number of fused-ring (bicyclic) bond motifs is 1. The number of para-hydroxylation sites is 1. The maximum atomic E-state index is 12.8. The minimum atomic E-state index is -4.09. The van der Waals surface area contributed by atoms with Crippen molar-refractivity contribution >= 4 is 33.5 Å². The summed E-state index contributed by atoms with van der Waals surface area (Å²) in [7, 11) is -1.31. The van der Waals surface area contributed by atoms with E-state index in [2.05, 4.69) is 5.32 Å². The van der Waals surface area contributed by atoms with Crippen LogP contribution in [-0.2, 0) is 14.6 Å². The smallest absolute Gasteiger partial charge is 0.337 e. The van der Waals surface area contributed by atoms with Crippen molar-refractivity contribution in [2.24, 2.45) is 0 Å². The van der Waals surface area contributed by atoms with E-state index in [1.54, 1.807) is 0 Å². The Bertz CT molecular complexity index is 1090. The second-order valence-electron chi connectivity index (χ2n) is 5.56. The van der Waals surface area contributed by atoms with Crippen molar-refractivity contribution in [1.29, 1.82) is 0 Å². The molecule has 3 rings (SSSR count). The second-order valence-corrected chi connectivity index (χ2v) is 7.45. The van der Waals surface area contributed by atoms with E-state index in [0.29, 0.717) is 5.75 Å². The molecule has 1 aliphatic heterocycles. The molecule has 0 aliphatic carbocycles. The minimum Gasteiger partial charge on any atom is -0.493 e. The fourth-order valence-electron chi connectivity index (χ4n) is 2.71. The Kier molecular flexibility index (Phi) is 4.63. The monoisotopic (exact) mass is 389 g/mol. The summed E-state index contributed by atoms with van der Waals surface area (Å²) in [5, 5.41) is 11.5. The lowest BCUT2D eigenvalue weighted by Gasteiger charge is -2.10. The first-order valence-corrected chi connectivity index (χ1v) is 9.14. The van der Waals surface area contributed by atoms with Crippen LogP contribution in [0.2, 0.25) is 0 Å². The molecular weight excluding hydrogens is 374 g/mol. The van der Waals surface area contributed by atoms with E-state index in [9.17, 15) is 23.1 Å².